The highest BCUT2D eigenvalue weighted by Crippen LogP contribution is 2.24. The molecule has 0 saturated heterocycles. The van der Waals surface area contributed by atoms with Gasteiger partial charge in [-0.05, 0) is 55.8 Å². The van der Waals surface area contributed by atoms with Crippen LogP contribution in [0.25, 0.3) is 0 Å². The number of rotatable bonds is 5. The van der Waals surface area contributed by atoms with Gasteiger partial charge in [0.1, 0.15) is 17.3 Å². The van der Waals surface area contributed by atoms with Gasteiger partial charge in [-0.25, -0.2) is 4.39 Å². The normalized spacial score (nSPS) is 12.6. The molecule has 0 fully saturated rings. The van der Waals surface area contributed by atoms with Crippen LogP contribution in [-0.2, 0) is 6.42 Å². The molecule has 2 rings (SSSR count). The Morgan fingerprint density at radius 3 is 2.74 bits per heavy atom. The summed E-state index contributed by atoms with van der Waals surface area (Å²) in [5.41, 5.74) is 0.675. The highest BCUT2D eigenvalue weighted by Gasteiger charge is 2.17. The van der Waals surface area contributed by atoms with Crippen LogP contribution in [0.4, 0.5) is 4.39 Å². The van der Waals surface area contributed by atoms with Crippen molar-refractivity contribution >= 4 is 15.9 Å². The fourth-order valence-corrected chi connectivity index (χ4v) is 2.49. The number of hydrogen-bond acceptors (Lipinski definition) is 2. The van der Waals surface area contributed by atoms with E-state index in [9.17, 15) is 4.39 Å². The monoisotopic (exact) mass is 325 g/mol. The largest absolute Gasteiger partial charge is 0.465 e. The fraction of sp³-hybridized carbons (Fsp3) is 0.333. The molecule has 0 amide bonds. The number of benzene rings is 1. The third-order valence-corrected chi connectivity index (χ3v) is 3.48. The molecule has 1 aromatic carbocycles. The molecule has 0 bridgehead atoms. The topological polar surface area (TPSA) is 25.2 Å². The van der Waals surface area contributed by atoms with Gasteiger partial charge in [-0.15, -0.1) is 0 Å². The average Bonchev–Trinajstić information content (AvgIpc) is 2.80. The fourth-order valence-electron chi connectivity index (χ4n) is 2.08. The van der Waals surface area contributed by atoms with Gasteiger partial charge in [0, 0.05) is 4.47 Å². The molecule has 0 spiro atoms. The molecule has 1 heterocycles. The summed E-state index contributed by atoms with van der Waals surface area (Å²) in [6, 6.07) is 8.86. The maximum Gasteiger partial charge on any atom is 0.126 e. The highest BCUT2D eigenvalue weighted by molar-refractivity contribution is 9.10. The Morgan fingerprint density at radius 2 is 2.11 bits per heavy atom. The third kappa shape index (κ3) is 3.67. The van der Waals surface area contributed by atoms with E-state index >= 15 is 0 Å². The molecule has 0 radical (unpaired) electrons. The van der Waals surface area contributed by atoms with Crippen LogP contribution in [0.5, 0.6) is 0 Å². The molecule has 0 aliphatic rings. The molecule has 1 aromatic heterocycles. The lowest BCUT2D eigenvalue weighted by Gasteiger charge is -2.16. The maximum absolute atomic E-state index is 13.8. The Labute approximate surface area is 121 Å². The van der Waals surface area contributed by atoms with Gasteiger partial charge in [0.25, 0.3) is 0 Å². The summed E-state index contributed by atoms with van der Waals surface area (Å²) in [6.07, 6.45) is 0.562. The smallest absolute Gasteiger partial charge is 0.126 e. The second-order valence-corrected chi connectivity index (χ2v) is 5.41. The number of aryl methyl sites for hydroxylation is 1. The van der Waals surface area contributed by atoms with Crippen molar-refractivity contribution in [3.63, 3.8) is 0 Å². The van der Waals surface area contributed by atoms with Gasteiger partial charge in [0.15, 0.2) is 0 Å². The molecule has 1 N–H and O–H groups in total. The van der Waals surface area contributed by atoms with Crippen molar-refractivity contribution in [3.05, 3.63) is 57.7 Å². The quantitative estimate of drug-likeness (QED) is 0.882. The van der Waals surface area contributed by atoms with Crippen LogP contribution in [0, 0.1) is 12.7 Å². The Balaban J connectivity index is 2.23. The van der Waals surface area contributed by atoms with E-state index in [1.807, 2.05) is 32.0 Å². The van der Waals surface area contributed by atoms with Gasteiger partial charge in [-0.3, -0.25) is 0 Å². The summed E-state index contributed by atoms with van der Waals surface area (Å²) in [5.74, 6) is 1.53. The number of halogens is 2. The van der Waals surface area contributed by atoms with Gasteiger partial charge in [-0.2, -0.15) is 0 Å². The zero-order valence-electron chi connectivity index (χ0n) is 11.0. The minimum absolute atomic E-state index is 0.0116. The molecule has 0 saturated carbocycles. The van der Waals surface area contributed by atoms with E-state index in [2.05, 4.69) is 21.2 Å². The number of likely N-dealkylation sites (N-methyl/N-ethyl adjacent to an activating group) is 1. The summed E-state index contributed by atoms with van der Waals surface area (Å²) in [7, 11) is 0. The first-order chi connectivity index (χ1) is 9.10. The SMILES string of the molecule is CCNC(Cc1cc(Br)ccc1F)c1ccc(C)o1. The van der Waals surface area contributed by atoms with Crippen molar-refractivity contribution in [1.82, 2.24) is 5.32 Å². The maximum atomic E-state index is 13.8. The summed E-state index contributed by atoms with van der Waals surface area (Å²) < 4.78 is 20.3. The Morgan fingerprint density at radius 1 is 1.32 bits per heavy atom. The molecule has 102 valence electrons. The van der Waals surface area contributed by atoms with Gasteiger partial charge >= 0.3 is 0 Å². The zero-order chi connectivity index (χ0) is 13.8. The van der Waals surface area contributed by atoms with Crippen molar-refractivity contribution < 1.29 is 8.81 Å². The van der Waals surface area contributed by atoms with E-state index in [1.165, 1.54) is 6.07 Å². The van der Waals surface area contributed by atoms with Crippen LogP contribution in [0.3, 0.4) is 0 Å². The van der Waals surface area contributed by atoms with Crippen LogP contribution in [0.15, 0.2) is 39.2 Å². The van der Waals surface area contributed by atoms with Gasteiger partial charge in [0.05, 0.1) is 6.04 Å². The molecule has 0 aliphatic carbocycles. The first kappa shape index (κ1) is 14.3. The Hall–Kier alpha value is -1.13. The predicted molar refractivity (Wildman–Crippen MR) is 77.7 cm³/mol. The zero-order valence-corrected chi connectivity index (χ0v) is 12.6. The molecule has 4 heteroatoms. The molecule has 2 aromatic rings. The van der Waals surface area contributed by atoms with E-state index in [-0.39, 0.29) is 11.9 Å². The van der Waals surface area contributed by atoms with Crippen molar-refractivity contribution in [2.24, 2.45) is 0 Å². The Bertz CT molecular complexity index is 553. The molecule has 0 aliphatic heterocycles. The van der Waals surface area contributed by atoms with Crippen LogP contribution < -0.4 is 5.32 Å². The summed E-state index contributed by atoms with van der Waals surface area (Å²) in [4.78, 5) is 0. The lowest BCUT2D eigenvalue weighted by atomic mass is 10.0. The van der Waals surface area contributed by atoms with Crippen LogP contribution in [0.1, 0.15) is 30.0 Å². The summed E-state index contributed by atoms with van der Waals surface area (Å²) >= 11 is 3.38. The standard InChI is InChI=1S/C15H17BrFNO/c1-3-18-14(15-7-4-10(2)19-15)9-11-8-12(16)5-6-13(11)17/h4-8,14,18H,3,9H2,1-2H3. The van der Waals surface area contributed by atoms with E-state index in [1.54, 1.807) is 6.07 Å². The number of nitrogens with one attached hydrogen (secondary N) is 1. The average molecular weight is 326 g/mol. The van der Waals surface area contributed by atoms with Crippen LogP contribution >= 0.6 is 15.9 Å². The lowest BCUT2D eigenvalue weighted by molar-refractivity contribution is 0.400. The summed E-state index contributed by atoms with van der Waals surface area (Å²) in [6.45, 7) is 4.74. The van der Waals surface area contributed by atoms with E-state index in [0.717, 1.165) is 22.5 Å². The van der Waals surface area contributed by atoms with Crippen molar-refractivity contribution in [3.8, 4) is 0 Å². The molecular weight excluding hydrogens is 309 g/mol. The molecule has 2 nitrogen and oxygen atoms in total. The third-order valence-electron chi connectivity index (χ3n) is 2.99. The highest BCUT2D eigenvalue weighted by atomic mass is 79.9. The predicted octanol–water partition coefficient (Wildman–Crippen LogP) is 4.38. The van der Waals surface area contributed by atoms with Gasteiger partial charge in [-0.1, -0.05) is 22.9 Å². The number of furan rings is 1. The van der Waals surface area contributed by atoms with Gasteiger partial charge < -0.3 is 9.73 Å². The lowest BCUT2D eigenvalue weighted by Crippen LogP contribution is -2.22. The minimum Gasteiger partial charge on any atom is -0.465 e. The molecule has 1 unspecified atom stereocenters. The van der Waals surface area contributed by atoms with Crippen molar-refractivity contribution in [1.29, 1.82) is 0 Å². The Kier molecular flexibility index (Phi) is 4.77. The number of hydrogen-bond donors (Lipinski definition) is 1. The van der Waals surface area contributed by atoms with Crippen molar-refractivity contribution in [2.45, 2.75) is 26.3 Å². The van der Waals surface area contributed by atoms with Crippen LogP contribution in [-0.4, -0.2) is 6.54 Å². The first-order valence-corrected chi connectivity index (χ1v) is 7.13. The molecular formula is C15H17BrFNO. The van der Waals surface area contributed by atoms with Crippen LogP contribution in [0.2, 0.25) is 0 Å². The summed E-state index contributed by atoms with van der Waals surface area (Å²) in [5, 5.41) is 3.33. The van der Waals surface area contributed by atoms with E-state index in [4.69, 9.17) is 4.42 Å². The van der Waals surface area contributed by atoms with Gasteiger partial charge in [0.2, 0.25) is 0 Å². The molecule has 1 atom stereocenters. The second-order valence-electron chi connectivity index (χ2n) is 4.50. The minimum atomic E-state index is -0.186. The second kappa shape index (κ2) is 6.35. The van der Waals surface area contributed by atoms with Crippen molar-refractivity contribution in [2.75, 3.05) is 6.54 Å². The molecule has 19 heavy (non-hydrogen) atoms. The van der Waals surface area contributed by atoms with E-state index in [0.29, 0.717) is 12.0 Å². The first-order valence-electron chi connectivity index (χ1n) is 6.33. The van der Waals surface area contributed by atoms with E-state index < -0.39 is 0 Å².